The Balaban J connectivity index is 0.00000116. The molecular weight excluding hydrogens is 296 g/mol. The van der Waals surface area contributed by atoms with Crippen molar-refractivity contribution < 1.29 is 9.47 Å². The van der Waals surface area contributed by atoms with Gasteiger partial charge in [-0.3, -0.25) is 0 Å². The number of ether oxygens (including phenoxy) is 2. The molecule has 0 bridgehead atoms. The molecule has 0 spiro atoms. The number of aryl methyl sites for hydroxylation is 1. The van der Waals surface area contributed by atoms with E-state index in [1.54, 1.807) is 0 Å². The van der Waals surface area contributed by atoms with E-state index in [-0.39, 0.29) is 0 Å². The van der Waals surface area contributed by atoms with Crippen LogP contribution in [0.3, 0.4) is 0 Å². The van der Waals surface area contributed by atoms with E-state index in [1.165, 1.54) is 5.56 Å². The van der Waals surface area contributed by atoms with Crippen LogP contribution in [0.4, 0.5) is 0 Å². The van der Waals surface area contributed by atoms with Crippen LogP contribution < -0.4 is 4.74 Å². The normalized spacial score (nSPS) is 9.82. The second kappa shape index (κ2) is 11.1. The summed E-state index contributed by atoms with van der Waals surface area (Å²) in [4.78, 5) is 0. The highest BCUT2D eigenvalue weighted by molar-refractivity contribution is 6.30. The van der Waals surface area contributed by atoms with E-state index in [2.05, 4.69) is 12.1 Å². The van der Waals surface area contributed by atoms with Gasteiger partial charge in [-0.15, -0.1) is 0 Å². The number of halogens is 1. The minimum atomic E-state index is 0.650. The molecule has 0 aromatic heterocycles. The Bertz CT molecular complexity index is 526. The minimum absolute atomic E-state index is 0.650. The molecule has 2 rings (SSSR count). The Morgan fingerprint density at radius 1 is 0.955 bits per heavy atom. The summed E-state index contributed by atoms with van der Waals surface area (Å²) in [7, 11) is 0. The van der Waals surface area contributed by atoms with Crippen LogP contribution in [-0.2, 0) is 11.3 Å². The van der Waals surface area contributed by atoms with Gasteiger partial charge in [-0.05, 0) is 36.2 Å². The van der Waals surface area contributed by atoms with Gasteiger partial charge in [0.2, 0.25) is 0 Å². The van der Waals surface area contributed by atoms with Crippen molar-refractivity contribution in [2.24, 2.45) is 0 Å². The largest absolute Gasteiger partial charge is 0.493 e. The predicted octanol–water partition coefficient (Wildman–Crippen LogP) is 5.66. The van der Waals surface area contributed by atoms with Gasteiger partial charge in [0.25, 0.3) is 0 Å². The SMILES string of the molecule is CC.Cc1cc(Cl)ccc1OCCCOCc1ccccc1. The van der Waals surface area contributed by atoms with Crippen LogP contribution in [0.25, 0.3) is 0 Å². The molecule has 0 aliphatic carbocycles. The summed E-state index contributed by atoms with van der Waals surface area (Å²) in [5.41, 5.74) is 2.25. The third-order valence-electron chi connectivity index (χ3n) is 2.94. The third kappa shape index (κ3) is 6.97. The van der Waals surface area contributed by atoms with E-state index in [9.17, 15) is 0 Å². The Labute approximate surface area is 139 Å². The highest BCUT2D eigenvalue weighted by Gasteiger charge is 2.00. The molecule has 0 atom stereocenters. The first kappa shape index (κ1) is 18.5. The third-order valence-corrected chi connectivity index (χ3v) is 3.17. The van der Waals surface area contributed by atoms with E-state index in [0.717, 1.165) is 22.8 Å². The Morgan fingerprint density at radius 2 is 1.68 bits per heavy atom. The van der Waals surface area contributed by atoms with Crippen molar-refractivity contribution in [1.29, 1.82) is 0 Å². The molecule has 0 heterocycles. The zero-order valence-electron chi connectivity index (χ0n) is 13.6. The second-order valence-electron chi connectivity index (χ2n) is 4.65. The molecule has 0 radical (unpaired) electrons. The van der Waals surface area contributed by atoms with E-state index in [0.29, 0.717) is 19.8 Å². The van der Waals surface area contributed by atoms with Gasteiger partial charge in [-0.2, -0.15) is 0 Å². The van der Waals surface area contributed by atoms with Crippen molar-refractivity contribution in [3.8, 4) is 5.75 Å². The number of benzene rings is 2. The summed E-state index contributed by atoms with van der Waals surface area (Å²) in [6.07, 6.45) is 0.870. The van der Waals surface area contributed by atoms with Gasteiger partial charge in [0.05, 0.1) is 19.8 Å². The molecule has 2 nitrogen and oxygen atoms in total. The first-order valence-electron chi connectivity index (χ1n) is 7.76. The Kier molecular flexibility index (Phi) is 9.36. The summed E-state index contributed by atoms with van der Waals surface area (Å²) in [5.74, 6) is 0.887. The molecule has 0 saturated carbocycles. The lowest BCUT2D eigenvalue weighted by Crippen LogP contribution is -2.04. The lowest BCUT2D eigenvalue weighted by atomic mass is 10.2. The van der Waals surface area contributed by atoms with Crippen LogP contribution in [0.15, 0.2) is 48.5 Å². The van der Waals surface area contributed by atoms with Crippen LogP contribution in [0.2, 0.25) is 5.02 Å². The molecule has 2 aromatic rings. The molecule has 0 N–H and O–H groups in total. The highest BCUT2D eigenvalue weighted by Crippen LogP contribution is 2.21. The van der Waals surface area contributed by atoms with E-state index in [1.807, 2.05) is 57.2 Å². The Morgan fingerprint density at radius 3 is 2.36 bits per heavy atom. The smallest absolute Gasteiger partial charge is 0.122 e. The molecule has 0 fully saturated rings. The first-order valence-corrected chi connectivity index (χ1v) is 8.14. The average Bonchev–Trinajstić information content (AvgIpc) is 2.55. The van der Waals surface area contributed by atoms with Crippen molar-refractivity contribution in [3.63, 3.8) is 0 Å². The lowest BCUT2D eigenvalue weighted by Gasteiger charge is -2.09. The van der Waals surface area contributed by atoms with Crippen LogP contribution in [-0.4, -0.2) is 13.2 Å². The monoisotopic (exact) mass is 320 g/mol. The Hall–Kier alpha value is -1.51. The quantitative estimate of drug-likeness (QED) is 0.613. The van der Waals surface area contributed by atoms with E-state index < -0.39 is 0 Å². The maximum absolute atomic E-state index is 5.90. The van der Waals surface area contributed by atoms with Gasteiger partial charge < -0.3 is 9.47 Å². The molecule has 0 aliphatic rings. The van der Waals surface area contributed by atoms with Crippen molar-refractivity contribution in [1.82, 2.24) is 0 Å². The molecular formula is C19H25ClO2. The van der Waals surface area contributed by atoms with Gasteiger partial charge >= 0.3 is 0 Å². The average molecular weight is 321 g/mol. The minimum Gasteiger partial charge on any atom is -0.493 e. The maximum Gasteiger partial charge on any atom is 0.122 e. The van der Waals surface area contributed by atoms with Crippen molar-refractivity contribution in [2.45, 2.75) is 33.8 Å². The molecule has 3 heteroatoms. The fourth-order valence-electron chi connectivity index (χ4n) is 1.88. The summed E-state index contributed by atoms with van der Waals surface area (Å²) in [5, 5.41) is 0.737. The van der Waals surface area contributed by atoms with Crippen LogP contribution in [0.1, 0.15) is 31.4 Å². The number of hydrogen-bond acceptors (Lipinski definition) is 2. The van der Waals surface area contributed by atoms with Gasteiger partial charge in [-0.25, -0.2) is 0 Å². The molecule has 0 amide bonds. The van der Waals surface area contributed by atoms with Crippen LogP contribution in [0.5, 0.6) is 5.75 Å². The van der Waals surface area contributed by atoms with Crippen LogP contribution >= 0.6 is 11.6 Å². The zero-order chi connectivity index (χ0) is 16.2. The maximum atomic E-state index is 5.90. The summed E-state index contributed by atoms with van der Waals surface area (Å²) in [6, 6.07) is 15.8. The van der Waals surface area contributed by atoms with Gasteiger partial charge in [0.15, 0.2) is 0 Å². The predicted molar refractivity (Wildman–Crippen MR) is 93.7 cm³/mol. The molecule has 0 unspecified atom stereocenters. The standard InChI is InChI=1S/C17H19ClO2.C2H6/c1-14-12-16(18)8-9-17(14)20-11-5-10-19-13-15-6-3-2-4-7-15;1-2/h2-4,6-9,12H,5,10-11,13H2,1H3;1-2H3. The summed E-state index contributed by atoms with van der Waals surface area (Å²) < 4.78 is 11.3. The van der Waals surface area contributed by atoms with Gasteiger partial charge in [0.1, 0.15) is 5.75 Å². The highest BCUT2D eigenvalue weighted by atomic mass is 35.5. The van der Waals surface area contributed by atoms with Gasteiger partial charge in [-0.1, -0.05) is 55.8 Å². The fraction of sp³-hybridized carbons (Fsp3) is 0.368. The molecule has 2 aromatic carbocycles. The summed E-state index contributed by atoms with van der Waals surface area (Å²) in [6.45, 7) is 7.99. The lowest BCUT2D eigenvalue weighted by molar-refractivity contribution is 0.107. The second-order valence-corrected chi connectivity index (χ2v) is 5.09. The zero-order valence-corrected chi connectivity index (χ0v) is 14.4. The van der Waals surface area contributed by atoms with Gasteiger partial charge in [0, 0.05) is 11.4 Å². The molecule has 22 heavy (non-hydrogen) atoms. The number of hydrogen-bond donors (Lipinski definition) is 0. The van der Waals surface area contributed by atoms with E-state index >= 15 is 0 Å². The van der Waals surface area contributed by atoms with Crippen molar-refractivity contribution in [3.05, 3.63) is 64.7 Å². The van der Waals surface area contributed by atoms with Crippen molar-refractivity contribution in [2.75, 3.05) is 13.2 Å². The first-order chi connectivity index (χ1) is 10.8. The molecule has 0 saturated heterocycles. The summed E-state index contributed by atoms with van der Waals surface area (Å²) >= 11 is 5.90. The fourth-order valence-corrected chi connectivity index (χ4v) is 2.11. The number of rotatable bonds is 7. The topological polar surface area (TPSA) is 18.5 Å². The molecule has 0 aliphatic heterocycles. The molecule has 120 valence electrons. The van der Waals surface area contributed by atoms with Crippen molar-refractivity contribution >= 4 is 11.6 Å². The van der Waals surface area contributed by atoms with Crippen LogP contribution in [0, 0.1) is 6.92 Å². The van der Waals surface area contributed by atoms with E-state index in [4.69, 9.17) is 21.1 Å².